The third-order valence-corrected chi connectivity index (χ3v) is 3.30. The first-order chi connectivity index (χ1) is 8.33. The summed E-state index contributed by atoms with van der Waals surface area (Å²) in [5, 5.41) is 3.33. The molecule has 0 atom stereocenters. The number of nitrogens with zero attached hydrogens (tertiary/aromatic N) is 3. The van der Waals surface area contributed by atoms with E-state index in [0.717, 1.165) is 25.3 Å². The normalized spacial score (nSPS) is 18.2. The third kappa shape index (κ3) is 3.14. The fourth-order valence-corrected chi connectivity index (χ4v) is 2.22. The minimum absolute atomic E-state index is 0.642. The average molecular weight is 236 g/mol. The van der Waals surface area contributed by atoms with Crippen molar-refractivity contribution >= 4 is 0 Å². The van der Waals surface area contributed by atoms with E-state index in [0.29, 0.717) is 11.9 Å². The number of likely N-dealkylation sites (tertiary alicyclic amines) is 1. The maximum absolute atomic E-state index is 5.22. The van der Waals surface area contributed by atoms with Crippen molar-refractivity contribution in [2.45, 2.75) is 25.4 Å². The van der Waals surface area contributed by atoms with E-state index in [9.17, 15) is 0 Å². The van der Waals surface area contributed by atoms with E-state index < -0.39 is 0 Å². The molecule has 94 valence electrons. The molecule has 1 saturated heterocycles. The number of piperidine rings is 1. The summed E-state index contributed by atoms with van der Waals surface area (Å²) in [7, 11) is 3.67. The molecule has 1 aliphatic heterocycles. The first-order valence-electron chi connectivity index (χ1n) is 6.07. The first kappa shape index (κ1) is 12.3. The van der Waals surface area contributed by atoms with Crippen LogP contribution < -0.4 is 10.1 Å². The van der Waals surface area contributed by atoms with E-state index in [2.05, 4.69) is 20.2 Å². The quantitative estimate of drug-likeness (QED) is 0.832. The SMILES string of the molecule is CNC1CCN(Cc2nccnc2OC)CC1. The van der Waals surface area contributed by atoms with Gasteiger partial charge in [0.1, 0.15) is 5.69 Å². The molecule has 0 aromatic carbocycles. The van der Waals surface area contributed by atoms with Crippen molar-refractivity contribution in [1.29, 1.82) is 0 Å². The van der Waals surface area contributed by atoms with Crippen molar-refractivity contribution in [3.05, 3.63) is 18.1 Å². The fraction of sp³-hybridized carbons (Fsp3) is 0.667. The fourth-order valence-electron chi connectivity index (χ4n) is 2.22. The van der Waals surface area contributed by atoms with Gasteiger partial charge in [-0.15, -0.1) is 0 Å². The van der Waals surface area contributed by atoms with Crippen molar-refractivity contribution in [3.8, 4) is 5.88 Å². The second kappa shape index (κ2) is 5.93. The van der Waals surface area contributed by atoms with Gasteiger partial charge in [-0.25, -0.2) is 4.98 Å². The first-order valence-corrected chi connectivity index (χ1v) is 6.07. The zero-order chi connectivity index (χ0) is 12.1. The number of aromatic nitrogens is 2. The number of rotatable bonds is 4. The predicted octanol–water partition coefficient (Wildman–Crippen LogP) is 0.669. The zero-order valence-electron chi connectivity index (χ0n) is 10.5. The number of ether oxygens (including phenoxy) is 1. The van der Waals surface area contributed by atoms with Gasteiger partial charge in [0.2, 0.25) is 5.88 Å². The summed E-state index contributed by atoms with van der Waals surface area (Å²) in [6, 6.07) is 0.662. The van der Waals surface area contributed by atoms with E-state index in [1.165, 1.54) is 12.8 Å². The minimum Gasteiger partial charge on any atom is -0.480 e. The summed E-state index contributed by atoms with van der Waals surface area (Å²) in [6.07, 6.45) is 5.77. The molecule has 1 fully saturated rings. The lowest BCUT2D eigenvalue weighted by Crippen LogP contribution is -2.40. The Labute approximate surface area is 102 Å². The predicted molar refractivity (Wildman–Crippen MR) is 65.9 cm³/mol. The summed E-state index contributed by atoms with van der Waals surface area (Å²) in [6.45, 7) is 3.03. The van der Waals surface area contributed by atoms with Crippen molar-refractivity contribution < 1.29 is 4.74 Å². The summed E-state index contributed by atoms with van der Waals surface area (Å²) in [5.41, 5.74) is 0.929. The Bertz CT molecular complexity index is 350. The van der Waals surface area contributed by atoms with E-state index in [4.69, 9.17) is 4.74 Å². The second-order valence-electron chi connectivity index (χ2n) is 4.35. The van der Waals surface area contributed by atoms with Crippen molar-refractivity contribution in [2.24, 2.45) is 0 Å². The molecule has 1 aliphatic rings. The van der Waals surface area contributed by atoms with Crippen LogP contribution in [0.3, 0.4) is 0 Å². The zero-order valence-corrected chi connectivity index (χ0v) is 10.5. The van der Waals surface area contributed by atoms with Crippen LogP contribution in [0, 0.1) is 0 Å². The highest BCUT2D eigenvalue weighted by Crippen LogP contribution is 2.17. The highest BCUT2D eigenvalue weighted by atomic mass is 16.5. The molecule has 0 radical (unpaired) electrons. The summed E-state index contributed by atoms with van der Waals surface area (Å²) >= 11 is 0. The third-order valence-electron chi connectivity index (χ3n) is 3.30. The van der Waals surface area contributed by atoms with Crippen LogP contribution in [0.25, 0.3) is 0 Å². The van der Waals surface area contributed by atoms with Gasteiger partial charge in [-0.05, 0) is 19.9 Å². The molecule has 1 aromatic heterocycles. The Hall–Kier alpha value is -1.20. The van der Waals surface area contributed by atoms with Crippen molar-refractivity contribution in [2.75, 3.05) is 27.2 Å². The molecule has 1 aromatic rings. The van der Waals surface area contributed by atoms with Crippen LogP contribution in [-0.4, -0.2) is 48.2 Å². The van der Waals surface area contributed by atoms with E-state index >= 15 is 0 Å². The molecule has 0 spiro atoms. The lowest BCUT2D eigenvalue weighted by atomic mass is 10.1. The van der Waals surface area contributed by atoms with Crippen molar-refractivity contribution in [1.82, 2.24) is 20.2 Å². The van der Waals surface area contributed by atoms with Crippen LogP contribution in [0.1, 0.15) is 18.5 Å². The molecule has 0 aliphatic carbocycles. The van der Waals surface area contributed by atoms with Gasteiger partial charge in [-0.3, -0.25) is 9.88 Å². The molecule has 0 saturated carbocycles. The maximum Gasteiger partial charge on any atom is 0.236 e. The molecule has 0 bridgehead atoms. The van der Waals surface area contributed by atoms with Crippen LogP contribution in [0.5, 0.6) is 5.88 Å². The molecule has 2 rings (SSSR count). The monoisotopic (exact) mass is 236 g/mol. The van der Waals surface area contributed by atoms with Gasteiger partial charge in [0.15, 0.2) is 0 Å². The van der Waals surface area contributed by atoms with Crippen LogP contribution in [-0.2, 0) is 6.54 Å². The smallest absolute Gasteiger partial charge is 0.236 e. The molecule has 0 unspecified atom stereocenters. The Morgan fingerprint density at radius 3 is 2.71 bits per heavy atom. The molecule has 2 heterocycles. The van der Waals surface area contributed by atoms with Gasteiger partial charge in [0, 0.05) is 38.1 Å². The largest absolute Gasteiger partial charge is 0.480 e. The van der Waals surface area contributed by atoms with E-state index in [1.54, 1.807) is 19.5 Å². The van der Waals surface area contributed by atoms with Gasteiger partial charge < -0.3 is 10.1 Å². The molecular formula is C12H20N4O. The standard InChI is InChI=1S/C12H20N4O/c1-13-10-3-7-16(8-4-10)9-11-12(17-2)15-6-5-14-11/h5-6,10,13H,3-4,7-9H2,1-2H3. The average Bonchev–Trinajstić information content (AvgIpc) is 2.40. The van der Waals surface area contributed by atoms with Crippen molar-refractivity contribution in [3.63, 3.8) is 0 Å². The minimum atomic E-state index is 0.642. The molecule has 5 nitrogen and oxygen atoms in total. The van der Waals surface area contributed by atoms with Crippen LogP contribution in [0.15, 0.2) is 12.4 Å². The van der Waals surface area contributed by atoms with Crippen LogP contribution in [0.2, 0.25) is 0 Å². The Kier molecular flexibility index (Phi) is 4.28. The van der Waals surface area contributed by atoms with Crippen LogP contribution in [0.4, 0.5) is 0 Å². The van der Waals surface area contributed by atoms with Gasteiger partial charge in [-0.1, -0.05) is 0 Å². The number of hydrogen-bond donors (Lipinski definition) is 1. The molecular weight excluding hydrogens is 216 g/mol. The van der Waals surface area contributed by atoms with Gasteiger partial charge in [-0.2, -0.15) is 0 Å². The van der Waals surface area contributed by atoms with E-state index in [-0.39, 0.29) is 0 Å². The highest BCUT2D eigenvalue weighted by Gasteiger charge is 2.19. The molecule has 1 N–H and O–H groups in total. The second-order valence-corrected chi connectivity index (χ2v) is 4.35. The lowest BCUT2D eigenvalue weighted by Gasteiger charge is -2.31. The van der Waals surface area contributed by atoms with Gasteiger partial charge >= 0.3 is 0 Å². The lowest BCUT2D eigenvalue weighted by molar-refractivity contribution is 0.190. The maximum atomic E-state index is 5.22. The molecule has 17 heavy (non-hydrogen) atoms. The molecule has 0 amide bonds. The summed E-state index contributed by atoms with van der Waals surface area (Å²) < 4.78 is 5.22. The van der Waals surface area contributed by atoms with Gasteiger partial charge in [0.05, 0.1) is 7.11 Å². The highest BCUT2D eigenvalue weighted by molar-refractivity contribution is 5.16. The number of nitrogens with one attached hydrogen (secondary N) is 1. The van der Waals surface area contributed by atoms with Gasteiger partial charge in [0.25, 0.3) is 0 Å². The Morgan fingerprint density at radius 2 is 2.06 bits per heavy atom. The summed E-state index contributed by atoms with van der Waals surface area (Å²) in [5.74, 6) is 0.642. The molecule has 5 heteroatoms. The van der Waals surface area contributed by atoms with Crippen LogP contribution >= 0.6 is 0 Å². The number of methoxy groups -OCH3 is 1. The number of hydrogen-bond acceptors (Lipinski definition) is 5. The summed E-state index contributed by atoms with van der Waals surface area (Å²) in [4.78, 5) is 10.9. The van der Waals surface area contributed by atoms with E-state index in [1.807, 2.05) is 7.05 Å². The topological polar surface area (TPSA) is 50.3 Å². The Morgan fingerprint density at radius 1 is 1.35 bits per heavy atom. The Balaban J connectivity index is 1.93.